The van der Waals surface area contributed by atoms with Gasteiger partial charge >= 0.3 is 17.9 Å². The Balaban J connectivity index is 4.28. The normalized spacial score (nSPS) is 12.5. The molecule has 1 unspecified atom stereocenters. The third-order valence-corrected chi connectivity index (χ3v) is 13.7. The molecule has 0 amide bonds. The van der Waals surface area contributed by atoms with Gasteiger partial charge in [0.25, 0.3) is 0 Å². The quantitative estimate of drug-likeness (QED) is 0.0261. The Morgan fingerprint density at radius 1 is 0.288 bits per heavy atom. The first-order chi connectivity index (χ1) is 36.0. The Bertz CT molecular complexity index is 1360. The van der Waals surface area contributed by atoms with Gasteiger partial charge in [0.15, 0.2) is 6.10 Å². The van der Waals surface area contributed by atoms with Crippen LogP contribution in [0.2, 0.25) is 0 Å². The summed E-state index contributed by atoms with van der Waals surface area (Å²) in [6.07, 6.45) is 79.0. The molecular weight excluding hydrogens is 901 g/mol. The number of rotatable bonds is 57. The van der Waals surface area contributed by atoms with Gasteiger partial charge in [0.2, 0.25) is 0 Å². The number of unbranched alkanes of at least 4 members (excludes halogenated alkanes) is 34. The zero-order chi connectivity index (χ0) is 52.9. The van der Waals surface area contributed by atoms with Crippen molar-refractivity contribution in [3.8, 4) is 0 Å². The van der Waals surface area contributed by atoms with Crippen LogP contribution in [0.25, 0.3) is 0 Å². The summed E-state index contributed by atoms with van der Waals surface area (Å²) in [6, 6.07) is 0. The molecule has 0 aromatic rings. The molecule has 0 saturated heterocycles. The van der Waals surface area contributed by atoms with Crippen LogP contribution in [0.3, 0.4) is 0 Å². The topological polar surface area (TPSA) is 78.9 Å². The van der Waals surface area contributed by atoms with Gasteiger partial charge < -0.3 is 14.2 Å². The van der Waals surface area contributed by atoms with E-state index >= 15 is 0 Å². The molecule has 6 heteroatoms. The maximum absolute atomic E-state index is 12.9. The first-order valence-corrected chi connectivity index (χ1v) is 31.4. The Labute approximate surface area is 453 Å². The Kier molecular flexibility index (Phi) is 58.7. The van der Waals surface area contributed by atoms with Gasteiger partial charge in [0, 0.05) is 19.3 Å². The van der Waals surface area contributed by atoms with E-state index in [1.165, 1.54) is 186 Å². The lowest BCUT2D eigenvalue weighted by Crippen LogP contribution is -2.30. The second-order valence-corrected chi connectivity index (χ2v) is 20.9. The van der Waals surface area contributed by atoms with Crippen molar-refractivity contribution in [1.29, 1.82) is 0 Å². The third-order valence-electron chi connectivity index (χ3n) is 13.7. The molecule has 73 heavy (non-hydrogen) atoms. The van der Waals surface area contributed by atoms with Crippen molar-refractivity contribution in [3.63, 3.8) is 0 Å². The van der Waals surface area contributed by atoms with Gasteiger partial charge in [0.05, 0.1) is 0 Å². The van der Waals surface area contributed by atoms with Crippen LogP contribution in [0, 0.1) is 0 Å². The second kappa shape index (κ2) is 61.4. The fraction of sp³-hybridized carbons (Fsp3) is 0.776. The van der Waals surface area contributed by atoms with Crippen LogP contribution in [-0.2, 0) is 28.6 Å². The molecule has 0 saturated carbocycles. The van der Waals surface area contributed by atoms with Crippen molar-refractivity contribution in [2.45, 2.75) is 322 Å². The van der Waals surface area contributed by atoms with Crippen LogP contribution in [-0.4, -0.2) is 37.2 Å². The molecule has 0 aliphatic heterocycles. The summed E-state index contributed by atoms with van der Waals surface area (Å²) in [5.74, 6) is -0.881. The molecule has 0 aliphatic carbocycles. The smallest absolute Gasteiger partial charge is 0.306 e. The van der Waals surface area contributed by atoms with Crippen molar-refractivity contribution in [2.75, 3.05) is 13.2 Å². The number of carbonyl (C=O) groups is 3. The monoisotopic (exact) mass is 1020 g/mol. The average molecular weight is 1020 g/mol. The van der Waals surface area contributed by atoms with Crippen LogP contribution in [0.15, 0.2) is 72.9 Å². The van der Waals surface area contributed by atoms with Crippen LogP contribution in [0.5, 0.6) is 0 Å². The van der Waals surface area contributed by atoms with Gasteiger partial charge in [-0.3, -0.25) is 14.4 Å². The van der Waals surface area contributed by atoms with Crippen LogP contribution in [0.1, 0.15) is 316 Å². The standard InChI is InChI=1S/C67H118O6/c1-4-7-10-13-16-19-22-25-27-29-31-32-33-34-35-36-37-39-40-42-45-48-51-54-57-60-66(69)72-63-64(62-71-65(68)59-56-53-50-47-44-24-21-18-15-12-9-6-3)73-67(70)61-58-55-52-49-46-43-41-38-30-28-26-23-20-17-14-11-8-5-2/h7,10,16,18-19,21,25,27-28,30-32,64H,4-6,8-9,11-15,17,20,22-24,26,29,33-63H2,1-3H3/b10-7-,19-16-,21-18-,27-25-,30-28-,32-31-. The summed E-state index contributed by atoms with van der Waals surface area (Å²) >= 11 is 0. The molecule has 6 nitrogen and oxygen atoms in total. The van der Waals surface area contributed by atoms with Gasteiger partial charge in [-0.25, -0.2) is 0 Å². The van der Waals surface area contributed by atoms with E-state index in [9.17, 15) is 14.4 Å². The van der Waals surface area contributed by atoms with E-state index < -0.39 is 6.10 Å². The average Bonchev–Trinajstić information content (AvgIpc) is 3.39. The van der Waals surface area contributed by atoms with E-state index in [-0.39, 0.29) is 31.1 Å². The summed E-state index contributed by atoms with van der Waals surface area (Å²) in [5, 5.41) is 0. The maximum Gasteiger partial charge on any atom is 0.306 e. The zero-order valence-electron chi connectivity index (χ0n) is 48.4. The Morgan fingerprint density at radius 2 is 0.534 bits per heavy atom. The Morgan fingerprint density at radius 3 is 0.877 bits per heavy atom. The molecule has 0 aromatic heterocycles. The maximum atomic E-state index is 12.9. The zero-order valence-corrected chi connectivity index (χ0v) is 48.4. The van der Waals surface area contributed by atoms with Crippen LogP contribution in [0.4, 0.5) is 0 Å². The summed E-state index contributed by atoms with van der Waals surface area (Å²) < 4.78 is 16.9. The molecule has 0 aliphatic rings. The molecule has 0 bridgehead atoms. The van der Waals surface area contributed by atoms with E-state index in [1.54, 1.807) is 0 Å². The predicted molar refractivity (Wildman–Crippen MR) is 316 cm³/mol. The fourth-order valence-electron chi connectivity index (χ4n) is 8.95. The summed E-state index contributed by atoms with van der Waals surface area (Å²) in [4.78, 5) is 38.2. The van der Waals surface area contributed by atoms with E-state index in [1.807, 2.05) is 0 Å². The lowest BCUT2D eigenvalue weighted by molar-refractivity contribution is -0.167. The summed E-state index contributed by atoms with van der Waals surface area (Å²) in [5.41, 5.74) is 0. The molecule has 0 fully saturated rings. The summed E-state index contributed by atoms with van der Waals surface area (Å²) in [7, 11) is 0. The number of allylic oxidation sites excluding steroid dienone is 12. The van der Waals surface area contributed by atoms with Gasteiger partial charge in [-0.15, -0.1) is 0 Å². The fourth-order valence-corrected chi connectivity index (χ4v) is 8.95. The van der Waals surface area contributed by atoms with Crippen molar-refractivity contribution in [2.24, 2.45) is 0 Å². The van der Waals surface area contributed by atoms with E-state index in [0.29, 0.717) is 19.3 Å². The van der Waals surface area contributed by atoms with E-state index in [2.05, 4.69) is 93.7 Å². The lowest BCUT2D eigenvalue weighted by Gasteiger charge is -2.18. The Hall–Kier alpha value is -3.15. The molecule has 0 N–H and O–H groups in total. The minimum atomic E-state index is -0.781. The van der Waals surface area contributed by atoms with E-state index in [0.717, 1.165) is 89.9 Å². The molecule has 1 atom stereocenters. The number of esters is 3. The number of ether oxygens (including phenoxy) is 3. The molecular formula is C67H118O6. The highest BCUT2D eigenvalue weighted by Gasteiger charge is 2.19. The first kappa shape index (κ1) is 69.8. The van der Waals surface area contributed by atoms with Crippen molar-refractivity contribution >= 4 is 17.9 Å². The number of hydrogen-bond acceptors (Lipinski definition) is 6. The van der Waals surface area contributed by atoms with Gasteiger partial charge in [-0.05, 0) is 109 Å². The largest absolute Gasteiger partial charge is 0.462 e. The highest BCUT2D eigenvalue weighted by atomic mass is 16.6. The molecule has 0 heterocycles. The third kappa shape index (κ3) is 59.6. The highest BCUT2D eigenvalue weighted by molar-refractivity contribution is 5.71. The highest BCUT2D eigenvalue weighted by Crippen LogP contribution is 2.16. The summed E-state index contributed by atoms with van der Waals surface area (Å²) in [6.45, 7) is 6.52. The SMILES string of the molecule is CC/C=C\C/C=C\C/C=C\C/C=C\CCCCCCCCCCCCCCC(=O)OCC(COC(=O)CCCCCCC/C=C\CCCCC)OC(=O)CCCCCCCCC/C=C\CCCCCCCCC. The first-order valence-electron chi connectivity index (χ1n) is 31.4. The molecule has 0 rings (SSSR count). The van der Waals surface area contributed by atoms with Crippen LogP contribution >= 0.6 is 0 Å². The predicted octanol–water partition coefficient (Wildman–Crippen LogP) is 21.3. The van der Waals surface area contributed by atoms with Crippen molar-refractivity contribution in [1.82, 2.24) is 0 Å². The number of hydrogen-bond donors (Lipinski definition) is 0. The lowest BCUT2D eigenvalue weighted by atomic mass is 10.0. The molecule has 0 radical (unpaired) electrons. The minimum Gasteiger partial charge on any atom is -0.462 e. The minimum absolute atomic E-state index is 0.0789. The van der Waals surface area contributed by atoms with Gasteiger partial charge in [-0.1, -0.05) is 261 Å². The van der Waals surface area contributed by atoms with E-state index in [4.69, 9.17) is 14.2 Å². The van der Waals surface area contributed by atoms with Gasteiger partial charge in [-0.2, -0.15) is 0 Å². The second-order valence-electron chi connectivity index (χ2n) is 20.9. The molecule has 0 spiro atoms. The van der Waals surface area contributed by atoms with Crippen molar-refractivity contribution < 1.29 is 28.6 Å². The molecule has 0 aromatic carbocycles. The molecule has 422 valence electrons. The number of carbonyl (C=O) groups excluding carboxylic acids is 3. The van der Waals surface area contributed by atoms with Crippen molar-refractivity contribution in [3.05, 3.63) is 72.9 Å². The van der Waals surface area contributed by atoms with Gasteiger partial charge in [0.1, 0.15) is 13.2 Å². The van der Waals surface area contributed by atoms with Crippen LogP contribution < -0.4 is 0 Å².